The van der Waals surface area contributed by atoms with Crippen LogP contribution in [0.15, 0.2) is 48.5 Å². The fourth-order valence-corrected chi connectivity index (χ4v) is 1.92. The molecule has 0 atom stereocenters. The van der Waals surface area contributed by atoms with Crippen molar-refractivity contribution in [3.63, 3.8) is 0 Å². The molecule has 2 N–H and O–H groups in total. The molecule has 0 aliphatic carbocycles. The minimum absolute atomic E-state index is 0. The van der Waals surface area contributed by atoms with E-state index < -0.39 is 0 Å². The SMILES string of the molecule is CC(C)(c1ccc(O)cc1)c1ccc(O)cc1.[C]. The van der Waals surface area contributed by atoms with Crippen LogP contribution in [0, 0.1) is 7.43 Å². The van der Waals surface area contributed by atoms with E-state index in [0.717, 1.165) is 11.1 Å². The van der Waals surface area contributed by atoms with Gasteiger partial charge in [-0.15, -0.1) is 0 Å². The molecule has 4 radical (unpaired) electrons. The van der Waals surface area contributed by atoms with Crippen LogP contribution in [0.4, 0.5) is 0 Å². The van der Waals surface area contributed by atoms with E-state index in [2.05, 4.69) is 13.8 Å². The van der Waals surface area contributed by atoms with Gasteiger partial charge in [-0.25, -0.2) is 0 Å². The van der Waals surface area contributed by atoms with Crippen molar-refractivity contribution in [2.24, 2.45) is 0 Å². The largest absolute Gasteiger partial charge is 0.508 e. The van der Waals surface area contributed by atoms with Gasteiger partial charge in [0.15, 0.2) is 0 Å². The Hall–Kier alpha value is -1.96. The van der Waals surface area contributed by atoms with Crippen LogP contribution in [-0.4, -0.2) is 10.2 Å². The van der Waals surface area contributed by atoms with Gasteiger partial charge in [0.1, 0.15) is 11.5 Å². The van der Waals surface area contributed by atoms with E-state index in [4.69, 9.17) is 0 Å². The average Bonchev–Trinajstić information content (AvgIpc) is 2.30. The molecule has 2 rings (SSSR count). The number of benzene rings is 2. The lowest BCUT2D eigenvalue weighted by Gasteiger charge is -2.26. The first-order valence-electron chi connectivity index (χ1n) is 5.59. The van der Waals surface area contributed by atoms with Gasteiger partial charge >= 0.3 is 0 Å². The summed E-state index contributed by atoms with van der Waals surface area (Å²) in [5.74, 6) is 0.547. The summed E-state index contributed by atoms with van der Waals surface area (Å²) < 4.78 is 0. The van der Waals surface area contributed by atoms with Crippen molar-refractivity contribution in [1.82, 2.24) is 0 Å². The molecular weight excluding hydrogens is 224 g/mol. The highest BCUT2D eigenvalue weighted by Crippen LogP contribution is 2.32. The second-order valence-corrected chi connectivity index (χ2v) is 4.72. The Morgan fingerprint density at radius 3 is 1.22 bits per heavy atom. The normalized spacial score (nSPS) is 10.8. The van der Waals surface area contributed by atoms with Gasteiger partial charge in [-0.3, -0.25) is 0 Å². The van der Waals surface area contributed by atoms with Crippen LogP contribution in [0.3, 0.4) is 0 Å². The van der Waals surface area contributed by atoms with Gasteiger partial charge in [0.05, 0.1) is 0 Å². The van der Waals surface area contributed by atoms with Gasteiger partial charge in [-0.05, 0) is 35.4 Å². The minimum Gasteiger partial charge on any atom is -0.508 e. The zero-order valence-corrected chi connectivity index (χ0v) is 10.5. The number of hydrogen-bond acceptors (Lipinski definition) is 2. The molecule has 0 aliphatic heterocycles. The first-order chi connectivity index (χ1) is 8.00. The van der Waals surface area contributed by atoms with Crippen LogP contribution in [0.2, 0.25) is 0 Å². The molecule has 2 nitrogen and oxygen atoms in total. The highest BCUT2D eigenvalue weighted by Gasteiger charge is 2.22. The predicted molar refractivity (Wildman–Crippen MR) is 71.6 cm³/mol. The molecule has 0 aliphatic rings. The molecule has 0 spiro atoms. The molecule has 2 aromatic rings. The van der Waals surface area contributed by atoms with E-state index in [0.29, 0.717) is 0 Å². The molecule has 0 saturated carbocycles. The molecule has 0 fully saturated rings. The number of rotatable bonds is 2. The van der Waals surface area contributed by atoms with Crippen molar-refractivity contribution in [1.29, 1.82) is 0 Å². The maximum absolute atomic E-state index is 9.30. The van der Waals surface area contributed by atoms with E-state index >= 15 is 0 Å². The van der Waals surface area contributed by atoms with E-state index in [1.165, 1.54) is 0 Å². The zero-order valence-electron chi connectivity index (χ0n) is 10.5. The topological polar surface area (TPSA) is 40.5 Å². The van der Waals surface area contributed by atoms with E-state index in [1.54, 1.807) is 24.3 Å². The quantitative estimate of drug-likeness (QED) is 0.843. The molecular formula is C16H16O2. The third-order valence-electron chi connectivity index (χ3n) is 3.18. The van der Waals surface area contributed by atoms with E-state index in [1.807, 2.05) is 24.3 Å². The van der Waals surface area contributed by atoms with Gasteiger partial charge in [0, 0.05) is 12.8 Å². The maximum atomic E-state index is 9.30. The average molecular weight is 240 g/mol. The Morgan fingerprint density at radius 2 is 0.944 bits per heavy atom. The van der Waals surface area contributed by atoms with Crippen LogP contribution in [0.5, 0.6) is 11.5 Å². The van der Waals surface area contributed by atoms with Crippen LogP contribution in [-0.2, 0) is 5.41 Å². The summed E-state index contributed by atoms with van der Waals surface area (Å²) in [6, 6.07) is 14.4. The van der Waals surface area contributed by atoms with Crippen molar-refractivity contribution < 1.29 is 10.2 Å². The lowest BCUT2D eigenvalue weighted by molar-refractivity contribution is 0.474. The third kappa shape index (κ3) is 2.65. The van der Waals surface area contributed by atoms with Crippen LogP contribution < -0.4 is 0 Å². The highest BCUT2D eigenvalue weighted by molar-refractivity contribution is 5.41. The second-order valence-electron chi connectivity index (χ2n) is 4.72. The number of phenolic OH excluding ortho intramolecular Hbond substituents is 2. The van der Waals surface area contributed by atoms with Gasteiger partial charge in [-0.2, -0.15) is 0 Å². The zero-order chi connectivity index (χ0) is 12.5. The number of aromatic hydroxyl groups is 2. The number of hydrogen-bond donors (Lipinski definition) is 2. The van der Waals surface area contributed by atoms with Gasteiger partial charge < -0.3 is 10.2 Å². The Balaban J connectivity index is 0.00000162. The molecule has 0 saturated heterocycles. The predicted octanol–water partition coefficient (Wildman–Crippen LogP) is 3.50. The molecule has 0 bridgehead atoms. The Morgan fingerprint density at radius 1 is 0.667 bits per heavy atom. The molecule has 0 amide bonds. The smallest absolute Gasteiger partial charge is 0.115 e. The van der Waals surface area contributed by atoms with E-state index in [-0.39, 0.29) is 24.3 Å². The summed E-state index contributed by atoms with van der Waals surface area (Å²) in [6.45, 7) is 4.23. The summed E-state index contributed by atoms with van der Waals surface area (Å²) in [4.78, 5) is 0. The fraction of sp³-hybridized carbons (Fsp3) is 0.188. The summed E-state index contributed by atoms with van der Waals surface area (Å²) in [6.07, 6.45) is 0. The monoisotopic (exact) mass is 240 g/mol. The summed E-state index contributed by atoms with van der Waals surface area (Å²) >= 11 is 0. The lowest BCUT2D eigenvalue weighted by Crippen LogP contribution is -2.18. The number of phenols is 2. The molecule has 92 valence electrons. The molecule has 0 heterocycles. The molecule has 0 aromatic heterocycles. The van der Waals surface area contributed by atoms with Crippen LogP contribution in [0.25, 0.3) is 0 Å². The summed E-state index contributed by atoms with van der Waals surface area (Å²) in [5.41, 5.74) is 2.10. The first kappa shape index (κ1) is 14.1. The van der Waals surface area contributed by atoms with E-state index in [9.17, 15) is 10.2 Å². The maximum Gasteiger partial charge on any atom is 0.115 e. The van der Waals surface area contributed by atoms with Gasteiger partial charge in [0.25, 0.3) is 0 Å². The Kier molecular flexibility index (Phi) is 4.02. The molecule has 2 heteroatoms. The standard InChI is InChI=1S/C15H16O2.C/c1-15(2,11-3-7-13(16)8-4-11)12-5-9-14(17)10-6-12;/h3-10,16-17H,1-2H3;. The Labute approximate surface area is 109 Å². The van der Waals surface area contributed by atoms with Crippen molar-refractivity contribution in [2.45, 2.75) is 19.3 Å². The van der Waals surface area contributed by atoms with Crippen molar-refractivity contribution in [3.05, 3.63) is 67.1 Å². The van der Waals surface area contributed by atoms with Crippen LogP contribution >= 0.6 is 0 Å². The third-order valence-corrected chi connectivity index (χ3v) is 3.18. The molecule has 18 heavy (non-hydrogen) atoms. The van der Waals surface area contributed by atoms with Crippen LogP contribution in [0.1, 0.15) is 25.0 Å². The lowest BCUT2D eigenvalue weighted by atomic mass is 9.78. The first-order valence-corrected chi connectivity index (χ1v) is 5.59. The molecule has 2 aromatic carbocycles. The van der Waals surface area contributed by atoms with Gasteiger partial charge in [-0.1, -0.05) is 38.1 Å². The van der Waals surface area contributed by atoms with Crippen molar-refractivity contribution in [2.75, 3.05) is 0 Å². The molecule has 0 unspecified atom stereocenters. The summed E-state index contributed by atoms with van der Waals surface area (Å²) in [5, 5.41) is 18.6. The fourth-order valence-electron chi connectivity index (χ4n) is 1.92. The Bertz CT molecular complexity index is 448. The van der Waals surface area contributed by atoms with Crippen molar-refractivity contribution >= 4 is 0 Å². The minimum atomic E-state index is -0.151. The summed E-state index contributed by atoms with van der Waals surface area (Å²) in [7, 11) is 0. The second kappa shape index (κ2) is 5.13. The highest BCUT2D eigenvalue weighted by atomic mass is 16.3. The van der Waals surface area contributed by atoms with Crippen molar-refractivity contribution in [3.8, 4) is 11.5 Å². The van der Waals surface area contributed by atoms with Gasteiger partial charge in [0.2, 0.25) is 0 Å².